The Morgan fingerprint density at radius 1 is 1.20 bits per heavy atom. The summed E-state index contributed by atoms with van der Waals surface area (Å²) in [5, 5.41) is 6.42. The number of nitrogens with one attached hydrogen (secondary N) is 1. The third-order valence-corrected chi connectivity index (χ3v) is 4.79. The molecule has 2 amide bonds. The molecule has 1 atom stereocenters. The number of hydrogen-bond donors (Lipinski definition) is 1. The van der Waals surface area contributed by atoms with Gasteiger partial charge in [0.25, 0.3) is 5.91 Å². The van der Waals surface area contributed by atoms with Crippen molar-refractivity contribution in [3.63, 3.8) is 0 Å². The Kier molecular flexibility index (Phi) is 2.57. The summed E-state index contributed by atoms with van der Waals surface area (Å²) in [7, 11) is 0. The average Bonchev–Trinajstić information content (AvgIpc) is 3.07. The second-order valence-electron chi connectivity index (χ2n) is 5.41. The maximum absolute atomic E-state index is 12.3. The molecule has 4 rings (SSSR count). The van der Waals surface area contributed by atoms with Crippen molar-refractivity contribution in [1.29, 1.82) is 0 Å². The van der Waals surface area contributed by atoms with Crippen LogP contribution in [0.3, 0.4) is 0 Å². The third-order valence-electron chi connectivity index (χ3n) is 3.89. The molecule has 1 saturated carbocycles. The van der Waals surface area contributed by atoms with E-state index in [1.165, 1.54) is 9.60 Å². The maximum atomic E-state index is 12.3. The number of hydrogen-bond acceptors (Lipinski definition) is 4. The Morgan fingerprint density at radius 2 is 2.05 bits per heavy atom. The second-order valence-corrected chi connectivity index (χ2v) is 6.36. The first-order valence-electron chi connectivity index (χ1n) is 6.82. The summed E-state index contributed by atoms with van der Waals surface area (Å²) in [5.41, 5.74) is 0.902. The fraction of sp³-hybridized carbons (Fsp3) is 0.333. The van der Waals surface area contributed by atoms with Crippen molar-refractivity contribution >= 4 is 38.9 Å². The molecule has 2 aromatic rings. The summed E-state index contributed by atoms with van der Waals surface area (Å²) >= 11 is 1.70. The van der Waals surface area contributed by atoms with Gasteiger partial charge in [0.2, 0.25) is 5.91 Å². The van der Waals surface area contributed by atoms with Crippen molar-refractivity contribution < 1.29 is 9.59 Å². The minimum atomic E-state index is -0.404. The van der Waals surface area contributed by atoms with Gasteiger partial charge in [0.1, 0.15) is 6.04 Å². The van der Waals surface area contributed by atoms with Crippen LogP contribution in [0.2, 0.25) is 0 Å². The van der Waals surface area contributed by atoms with Gasteiger partial charge in [-0.05, 0) is 47.9 Å². The number of nitrogens with zero attached hydrogens (tertiary/aromatic N) is 1. The van der Waals surface area contributed by atoms with Gasteiger partial charge in [0.15, 0.2) is 0 Å². The molecule has 0 spiro atoms. The van der Waals surface area contributed by atoms with Gasteiger partial charge in [-0.1, -0.05) is 0 Å². The van der Waals surface area contributed by atoms with Crippen molar-refractivity contribution in [3.8, 4) is 0 Å². The highest BCUT2D eigenvalue weighted by molar-refractivity contribution is 7.17. The molecule has 0 radical (unpaired) electrons. The Hall–Kier alpha value is -1.88. The van der Waals surface area contributed by atoms with E-state index in [0.717, 1.165) is 23.9 Å². The molecule has 5 heteroatoms. The molecular weight excluding hydrogens is 272 g/mol. The van der Waals surface area contributed by atoms with Crippen LogP contribution in [0, 0.1) is 0 Å². The average molecular weight is 286 g/mol. The number of carbonyl (C=O) groups excluding carboxylic acids is 2. The highest BCUT2D eigenvalue weighted by Gasteiger charge is 2.46. The molecule has 2 aliphatic rings. The molecule has 1 aliphatic carbocycles. The Bertz CT molecular complexity index is 705. The first-order valence-corrected chi connectivity index (χ1v) is 7.70. The van der Waals surface area contributed by atoms with Gasteiger partial charge >= 0.3 is 0 Å². The summed E-state index contributed by atoms with van der Waals surface area (Å²) < 4.78 is 1.23. The fourth-order valence-corrected chi connectivity index (χ4v) is 3.51. The Labute approximate surface area is 120 Å². The number of benzene rings is 1. The lowest BCUT2D eigenvalue weighted by molar-refractivity contribution is -0.139. The standard InChI is InChI=1S/C15H14N2O2S/c18-14-8-12(15(19)17(14)11-2-3-11)16-10-1-4-13-9(7-10)5-6-20-13/h1,4-7,11-12,16H,2-3,8H2. The lowest BCUT2D eigenvalue weighted by Gasteiger charge is -2.15. The predicted octanol–water partition coefficient (Wildman–Crippen LogP) is 2.60. The van der Waals surface area contributed by atoms with Gasteiger partial charge < -0.3 is 5.32 Å². The lowest BCUT2D eigenvalue weighted by atomic mass is 10.2. The second kappa shape index (κ2) is 4.31. The number of amides is 2. The molecule has 1 saturated heterocycles. The largest absolute Gasteiger partial charge is 0.373 e. The van der Waals surface area contributed by atoms with E-state index in [2.05, 4.69) is 11.4 Å². The van der Waals surface area contributed by atoms with Crippen LogP contribution >= 0.6 is 11.3 Å². The van der Waals surface area contributed by atoms with Crippen molar-refractivity contribution in [1.82, 2.24) is 4.90 Å². The van der Waals surface area contributed by atoms with E-state index in [0.29, 0.717) is 0 Å². The Morgan fingerprint density at radius 3 is 2.85 bits per heavy atom. The first-order chi connectivity index (χ1) is 9.72. The molecule has 1 aliphatic heterocycles. The molecule has 1 aromatic carbocycles. The zero-order valence-corrected chi connectivity index (χ0v) is 11.7. The van der Waals surface area contributed by atoms with E-state index in [1.807, 2.05) is 23.6 Å². The fourth-order valence-electron chi connectivity index (χ4n) is 2.74. The number of anilines is 1. The SMILES string of the molecule is O=C1CC(Nc2ccc3sccc3c2)C(=O)N1C1CC1. The maximum Gasteiger partial charge on any atom is 0.252 e. The van der Waals surface area contributed by atoms with Crippen LogP contribution in [0.1, 0.15) is 19.3 Å². The van der Waals surface area contributed by atoms with Gasteiger partial charge in [-0.25, -0.2) is 0 Å². The normalized spacial score (nSPS) is 22.8. The van der Waals surface area contributed by atoms with Crippen molar-refractivity contribution in [2.75, 3.05) is 5.32 Å². The van der Waals surface area contributed by atoms with Crippen LogP contribution in [-0.2, 0) is 9.59 Å². The van der Waals surface area contributed by atoms with E-state index in [9.17, 15) is 9.59 Å². The van der Waals surface area contributed by atoms with Crippen LogP contribution in [-0.4, -0.2) is 28.8 Å². The van der Waals surface area contributed by atoms with Gasteiger partial charge in [-0.2, -0.15) is 0 Å². The topological polar surface area (TPSA) is 49.4 Å². The van der Waals surface area contributed by atoms with E-state index in [4.69, 9.17) is 0 Å². The molecule has 4 nitrogen and oxygen atoms in total. The molecule has 1 N–H and O–H groups in total. The Balaban J connectivity index is 1.56. The highest BCUT2D eigenvalue weighted by Crippen LogP contribution is 2.32. The summed E-state index contributed by atoms with van der Waals surface area (Å²) in [6.07, 6.45) is 2.20. The molecule has 0 bridgehead atoms. The predicted molar refractivity (Wildman–Crippen MR) is 78.7 cm³/mol. The number of thiophene rings is 1. The van der Waals surface area contributed by atoms with Crippen molar-refractivity contribution in [3.05, 3.63) is 29.6 Å². The molecule has 20 heavy (non-hydrogen) atoms. The number of likely N-dealkylation sites (tertiary alicyclic amines) is 1. The van der Waals surface area contributed by atoms with Gasteiger partial charge in [-0.3, -0.25) is 14.5 Å². The zero-order valence-electron chi connectivity index (χ0n) is 10.8. The monoisotopic (exact) mass is 286 g/mol. The van der Waals surface area contributed by atoms with E-state index >= 15 is 0 Å². The summed E-state index contributed by atoms with van der Waals surface area (Å²) in [5.74, 6) is -0.102. The van der Waals surface area contributed by atoms with E-state index < -0.39 is 6.04 Å². The molecule has 102 valence electrons. The van der Waals surface area contributed by atoms with E-state index in [-0.39, 0.29) is 24.3 Å². The number of carbonyl (C=O) groups is 2. The zero-order chi connectivity index (χ0) is 13.7. The van der Waals surface area contributed by atoms with Gasteiger partial charge in [0.05, 0.1) is 6.42 Å². The van der Waals surface area contributed by atoms with Gasteiger partial charge in [0, 0.05) is 16.4 Å². The summed E-state index contributed by atoms with van der Waals surface area (Å²) in [4.78, 5) is 25.6. The molecule has 1 unspecified atom stereocenters. The van der Waals surface area contributed by atoms with Crippen LogP contribution in [0.25, 0.3) is 10.1 Å². The molecule has 2 heterocycles. The lowest BCUT2D eigenvalue weighted by Crippen LogP contribution is -2.36. The highest BCUT2D eigenvalue weighted by atomic mass is 32.1. The molecule has 1 aromatic heterocycles. The van der Waals surface area contributed by atoms with Crippen LogP contribution in [0.15, 0.2) is 29.6 Å². The van der Waals surface area contributed by atoms with Gasteiger partial charge in [-0.15, -0.1) is 11.3 Å². The number of fused-ring (bicyclic) bond motifs is 1. The number of rotatable bonds is 3. The van der Waals surface area contributed by atoms with Crippen molar-refractivity contribution in [2.24, 2.45) is 0 Å². The van der Waals surface area contributed by atoms with E-state index in [1.54, 1.807) is 11.3 Å². The smallest absolute Gasteiger partial charge is 0.252 e. The van der Waals surface area contributed by atoms with Crippen LogP contribution in [0.5, 0.6) is 0 Å². The molecule has 2 fully saturated rings. The molecular formula is C15H14N2O2S. The van der Waals surface area contributed by atoms with Crippen LogP contribution < -0.4 is 5.32 Å². The number of imide groups is 1. The first kappa shape index (κ1) is 11.9. The quantitative estimate of drug-likeness (QED) is 0.882. The minimum absolute atomic E-state index is 0.0355. The summed E-state index contributed by atoms with van der Waals surface area (Å²) in [6.45, 7) is 0. The summed E-state index contributed by atoms with van der Waals surface area (Å²) in [6, 6.07) is 7.87. The van der Waals surface area contributed by atoms with Crippen molar-refractivity contribution in [2.45, 2.75) is 31.3 Å². The van der Waals surface area contributed by atoms with Crippen LogP contribution in [0.4, 0.5) is 5.69 Å². The minimum Gasteiger partial charge on any atom is -0.373 e. The third kappa shape index (κ3) is 1.89.